The Labute approximate surface area is 150 Å². The minimum atomic E-state index is 0.0721. The van der Waals surface area contributed by atoms with Crippen molar-refractivity contribution in [3.63, 3.8) is 0 Å². The minimum absolute atomic E-state index is 0.0721. The molecule has 2 aromatic heterocycles. The summed E-state index contributed by atoms with van der Waals surface area (Å²) >= 11 is 1.65. The molecule has 0 amide bonds. The highest BCUT2D eigenvalue weighted by molar-refractivity contribution is 7.08. The lowest BCUT2D eigenvalue weighted by atomic mass is 9.86. The molecule has 0 saturated carbocycles. The van der Waals surface area contributed by atoms with E-state index in [4.69, 9.17) is 4.74 Å². The van der Waals surface area contributed by atoms with E-state index in [1.807, 2.05) is 47.9 Å². The molecule has 0 bridgehead atoms. The van der Waals surface area contributed by atoms with Crippen molar-refractivity contribution in [2.45, 2.75) is 12.8 Å². The average molecular weight is 347 g/mol. The predicted molar refractivity (Wildman–Crippen MR) is 101 cm³/mol. The molecule has 4 heteroatoms. The highest BCUT2D eigenvalue weighted by Gasteiger charge is 2.22. The third kappa shape index (κ3) is 3.13. The molecule has 4 rings (SSSR count). The summed E-state index contributed by atoms with van der Waals surface area (Å²) in [6.07, 6.45) is 3.52. The van der Waals surface area contributed by atoms with Crippen LogP contribution in [0.1, 0.15) is 28.0 Å². The number of ketones is 1. The van der Waals surface area contributed by atoms with E-state index < -0.39 is 0 Å². The third-order valence-corrected chi connectivity index (χ3v) is 5.11. The summed E-state index contributed by atoms with van der Waals surface area (Å²) in [6, 6.07) is 13.7. The molecule has 0 N–H and O–H groups in total. The monoisotopic (exact) mass is 347 g/mol. The van der Waals surface area contributed by atoms with E-state index in [9.17, 15) is 4.79 Å². The number of fused-ring (bicyclic) bond motifs is 1. The van der Waals surface area contributed by atoms with Crippen LogP contribution >= 0.6 is 11.3 Å². The second-order valence-electron chi connectivity index (χ2n) is 5.98. The molecule has 3 nitrogen and oxygen atoms in total. The molecule has 0 unspecified atom stereocenters. The molecule has 124 valence electrons. The van der Waals surface area contributed by atoms with Crippen LogP contribution in [-0.4, -0.2) is 17.9 Å². The zero-order valence-corrected chi connectivity index (χ0v) is 14.7. The number of rotatable bonds is 3. The van der Waals surface area contributed by atoms with E-state index in [1.54, 1.807) is 18.4 Å². The van der Waals surface area contributed by atoms with Crippen molar-refractivity contribution < 1.29 is 9.53 Å². The molecule has 0 fully saturated rings. The van der Waals surface area contributed by atoms with E-state index in [-0.39, 0.29) is 5.78 Å². The van der Waals surface area contributed by atoms with Crippen molar-refractivity contribution in [1.29, 1.82) is 0 Å². The highest BCUT2D eigenvalue weighted by atomic mass is 32.1. The largest absolute Gasteiger partial charge is 0.497 e. The van der Waals surface area contributed by atoms with Gasteiger partial charge in [-0.2, -0.15) is 11.3 Å². The van der Waals surface area contributed by atoms with Crippen molar-refractivity contribution >= 4 is 23.2 Å². The number of benzene rings is 1. The number of thiophene rings is 1. The summed E-state index contributed by atoms with van der Waals surface area (Å²) in [5, 5.41) is 4.12. The van der Waals surface area contributed by atoms with E-state index in [0.717, 1.165) is 46.5 Å². The number of hydrogen-bond donors (Lipinski definition) is 0. The number of allylic oxidation sites excluding steroid dienone is 1. The maximum atomic E-state index is 12.9. The number of aryl methyl sites for hydroxylation is 1. The number of carbonyl (C=O) groups excluding carboxylic acids is 1. The fourth-order valence-electron chi connectivity index (χ4n) is 3.09. The van der Waals surface area contributed by atoms with Gasteiger partial charge in [0.05, 0.1) is 18.5 Å². The molecule has 1 aliphatic carbocycles. The maximum Gasteiger partial charge on any atom is 0.189 e. The zero-order valence-electron chi connectivity index (χ0n) is 13.9. The van der Waals surface area contributed by atoms with E-state index in [2.05, 4.69) is 16.4 Å². The third-order valence-electron chi connectivity index (χ3n) is 4.43. The Kier molecular flexibility index (Phi) is 4.20. The standard InChI is InChI=1S/C21H17NO2S/c1-24-18-8-7-14-5-6-15(21(23)19(14)12-18)11-17-3-2-4-20(22-17)16-9-10-25-13-16/h2-4,7-13H,5-6H2,1H3/b15-11+. The van der Waals surface area contributed by atoms with Gasteiger partial charge in [0.2, 0.25) is 0 Å². The number of carbonyl (C=O) groups is 1. The van der Waals surface area contributed by atoms with Gasteiger partial charge >= 0.3 is 0 Å². The van der Waals surface area contributed by atoms with Crippen LogP contribution in [0.2, 0.25) is 0 Å². The Morgan fingerprint density at radius 1 is 1.16 bits per heavy atom. The first kappa shape index (κ1) is 15.8. The zero-order chi connectivity index (χ0) is 17.2. The van der Waals surface area contributed by atoms with Crippen LogP contribution in [0.5, 0.6) is 5.75 Å². The maximum absolute atomic E-state index is 12.9. The van der Waals surface area contributed by atoms with Gasteiger partial charge in [0.25, 0.3) is 0 Å². The second-order valence-corrected chi connectivity index (χ2v) is 6.76. The number of hydrogen-bond acceptors (Lipinski definition) is 4. The predicted octanol–water partition coefficient (Wildman–Crippen LogP) is 5.03. The summed E-state index contributed by atoms with van der Waals surface area (Å²) in [5.74, 6) is 0.786. The van der Waals surface area contributed by atoms with Gasteiger partial charge in [0, 0.05) is 22.1 Å². The number of Topliss-reactive ketones (excluding diaryl/α,β-unsaturated/α-hetero) is 1. The smallest absolute Gasteiger partial charge is 0.189 e. The van der Waals surface area contributed by atoms with Crippen LogP contribution in [0.3, 0.4) is 0 Å². The van der Waals surface area contributed by atoms with E-state index in [0.29, 0.717) is 5.75 Å². The Bertz CT molecular complexity index is 958. The van der Waals surface area contributed by atoms with Gasteiger partial charge in [-0.1, -0.05) is 12.1 Å². The summed E-state index contributed by atoms with van der Waals surface area (Å²) in [7, 11) is 1.62. The van der Waals surface area contributed by atoms with Crippen molar-refractivity contribution in [2.75, 3.05) is 7.11 Å². The van der Waals surface area contributed by atoms with Crippen LogP contribution in [0, 0.1) is 0 Å². The lowest BCUT2D eigenvalue weighted by Crippen LogP contribution is -2.14. The molecule has 25 heavy (non-hydrogen) atoms. The Morgan fingerprint density at radius 2 is 2.08 bits per heavy atom. The van der Waals surface area contributed by atoms with Gasteiger partial charge in [-0.25, -0.2) is 4.98 Å². The van der Waals surface area contributed by atoms with Gasteiger partial charge < -0.3 is 4.74 Å². The number of nitrogens with zero attached hydrogens (tertiary/aromatic N) is 1. The molecule has 3 aromatic rings. The Hall–Kier alpha value is -2.72. The lowest BCUT2D eigenvalue weighted by molar-refractivity contribution is 0.102. The van der Waals surface area contributed by atoms with Gasteiger partial charge in [-0.05, 0) is 60.2 Å². The van der Waals surface area contributed by atoms with E-state index >= 15 is 0 Å². The lowest BCUT2D eigenvalue weighted by Gasteiger charge is -2.18. The van der Waals surface area contributed by atoms with Crippen LogP contribution < -0.4 is 4.74 Å². The Balaban J connectivity index is 1.68. The molecule has 0 atom stereocenters. The van der Waals surface area contributed by atoms with Crippen molar-refractivity contribution in [2.24, 2.45) is 0 Å². The molecule has 0 spiro atoms. The molecule has 0 saturated heterocycles. The molecular formula is C21H17NO2S. The van der Waals surface area contributed by atoms with Crippen molar-refractivity contribution in [3.05, 3.63) is 75.6 Å². The van der Waals surface area contributed by atoms with Gasteiger partial charge in [-0.3, -0.25) is 4.79 Å². The number of methoxy groups -OCH3 is 1. The van der Waals surface area contributed by atoms with Gasteiger partial charge in [-0.15, -0.1) is 0 Å². The topological polar surface area (TPSA) is 39.2 Å². The molecule has 0 aliphatic heterocycles. The normalized spacial score (nSPS) is 15.2. The van der Waals surface area contributed by atoms with Crippen LogP contribution in [0.25, 0.3) is 17.3 Å². The van der Waals surface area contributed by atoms with Crippen LogP contribution in [0.15, 0.2) is 58.8 Å². The molecule has 1 aliphatic rings. The SMILES string of the molecule is COc1ccc2c(c1)C(=O)/C(=C/c1cccc(-c3ccsc3)n1)CC2. The summed E-state index contributed by atoms with van der Waals surface area (Å²) in [5.41, 5.74) is 5.49. The second kappa shape index (κ2) is 6.65. The number of pyridine rings is 1. The van der Waals surface area contributed by atoms with Gasteiger partial charge in [0.1, 0.15) is 5.75 Å². The van der Waals surface area contributed by atoms with Gasteiger partial charge in [0.15, 0.2) is 5.78 Å². The first-order valence-electron chi connectivity index (χ1n) is 8.16. The molecular weight excluding hydrogens is 330 g/mol. The first-order valence-corrected chi connectivity index (χ1v) is 9.11. The fraction of sp³-hybridized carbons (Fsp3) is 0.143. The minimum Gasteiger partial charge on any atom is -0.497 e. The average Bonchev–Trinajstić information content (AvgIpc) is 3.19. The van der Waals surface area contributed by atoms with Crippen LogP contribution in [-0.2, 0) is 6.42 Å². The molecule has 2 heterocycles. The van der Waals surface area contributed by atoms with Crippen molar-refractivity contribution in [1.82, 2.24) is 4.98 Å². The summed E-state index contributed by atoms with van der Waals surface area (Å²) in [4.78, 5) is 17.5. The molecule has 1 aromatic carbocycles. The summed E-state index contributed by atoms with van der Waals surface area (Å²) in [6.45, 7) is 0. The number of ether oxygens (including phenoxy) is 1. The van der Waals surface area contributed by atoms with Crippen molar-refractivity contribution in [3.8, 4) is 17.0 Å². The molecule has 0 radical (unpaired) electrons. The Morgan fingerprint density at radius 3 is 2.88 bits per heavy atom. The quantitative estimate of drug-likeness (QED) is 0.624. The number of aromatic nitrogens is 1. The van der Waals surface area contributed by atoms with Crippen LogP contribution in [0.4, 0.5) is 0 Å². The van der Waals surface area contributed by atoms with E-state index in [1.165, 1.54) is 0 Å². The highest BCUT2D eigenvalue weighted by Crippen LogP contribution is 2.29. The first-order chi connectivity index (χ1) is 12.2. The fourth-order valence-corrected chi connectivity index (χ4v) is 3.74. The summed E-state index contributed by atoms with van der Waals surface area (Å²) < 4.78 is 5.26.